The Labute approximate surface area is 197 Å². The lowest BCUT2D eigenvalue weighted by atomic mass is 10.1. The molecule has 3 heterocycles. The van der Waals surface area contributed by atoms with E-state index in [0.717, 1.165) is 17.3 Å². The zero-order valence-electron chi connectivity index (χ0n) is 18.1. The van der Waals surface area contributed by atoms with Crippen LogP contribution in [0.2, 0.25) is 0 Å². The highest BCUT2D eigenvalue weighted by Crippen LogP contribution is 2.35. The number of aromatic nitrogens is 4. The molecule has 6 N–H and O–H groups in total. The first-order chi connectivity index (χ1) is 16.7. The number of aromatic amines is 1. The Kier molecular flexibility index (Phi) is 7.03. The van der Waals surface area contributed by atoms with E-state index >= 15 is 0 Å². The number of phosphoric ester groups is 1. The quantitative estimate of drug-likeness (QED) is 0.167. The van der Waals surface area contributed by atoms with Crippen molar-refractivity contribution in [2.75, 3.05) is 11.1 Å². The fraction of sp³-hybridized carbons (Fsp3) is 0.143. The van der Waals surface area contributed by atoms with Gasteiger partial charge in [0.25, 0.3) is 5.82 Å². The Morgan fingerprint density at radius 1 is 1.23 bits per heavy atom. The van der Waals surface area contributed by atoms with Crippen LogP contribution in [0, 0.1) is 5.82 Å². The second-order valence-electron chi connectivity index (χ2n) is 7.47. The van der Waals surface area contributed by atoms with Crippen molar-refractivity contribution < 1.29 is 32.4 Å². The first-order valence-electron chi connectivity index (χ1n) is 10.2. The summed E-state index contributed by atoms with van der Waals surface area (Å²) in [5, 5.41) is 6.89. The number of nitrogens with two attached hydrogens (primary N) is 1. The summed E-state index contributed by atoms with van der Waals surface area (Å²) in [7, 11) is -4.65. The summed E-state index contributed by atoms with van der Waals surface area (Å²) < 4.78 is 35.9. The van der Waals surface area contributed by atoms with Crippen molar-refractivity contribution in [3.8, 4) is 11.3 Å². The van der Waals surface area contributed by atoms with E-state index in [1.165, 1.54) is 10.8 Å². The maximum absolute atomic E-state index is 13.7. The van der Waals surface area contributed by atoms with Crippen LogP contribution in [-0.2, 0) is 28.8 Å². The molecule has 1 aromatic carbocycles. The van der Waals surface area contributed by atoms with E-state index in [2.05, 4.69) is 25.0 Å². The third-order valence-electron chi connectivity index (χ3n) is 4.95. The summed E-state index contributed by atoms with van der Waals surface area (Å²) >= 11 is 0. The van der Waals surface area contributed by atoms with E-state index in [-0.39, 0.29) is 11.6 Å². The van der Waals surface area contributed by atoms with E-state index < -0.39 is 26.1 Å². The normalized spacial score (nSPS) is 11.5. The summed E-state index contributed by atoms with van der Waals surface area (Å²) in [4.78, 5) is 34.6. The van der Waals surface area contributed by atoms with Crippen molar-refractivity contribution in [1.29, 1.82) is 0 Å². The van der Waals surface area contributed by atoms with E-state index in [1.807, 2.05) is 24.3 Å². The van der Waals surface area contributed by atoms with Gasteiger partial charge < -0.3 is 19.6 Å². The Morgan fingerprint density at radius 2 is 1.97 bits per heavy atom. The number of rotatable bonds is 9. The van der Waals surface area contributed by atoms with Crippen molar-refractivity contribution in [1.82, 2.24) is 15.1 Å². The standard InChI is InChI=1S/C21H20FN6O6P/c22-17-11-25-21(29)26-20(17)24-10-14-5-3-13(4-6-14)8-15-9-18(34-27-15)16-2-1-7-28(19(16)23)12-33-35(30,31)32/h1-7,9,11,23H,8,10,12H2,(H4,24,25,26,29,30,31,32)/p+1. The lowest BCUT2D eigenvalue weighted by Crippen LogP contribution is -2.38. The number of hydrogen-bond acceptors (Lipinski definition) is 8. The first kappa shape index (κ1) is 24.2. The van der Waals surface area contributed by atoms with Crippen LogP contribution < -0.4 is 21.3 Å². The van der Waals surface area contributed by atoms with Gasteiger partial charge in [-0.1, -0.05) is 29.4 Å². The lowest BCUT2D eigenvalue weighted by Gasteiger charge is -2.07. The predicted molar refractivity (Wildman–Crippen MR) is 121 cm³/mol. The maximum atomic E-state index is 13.7. The van der Waals surface area contributed by atoms with Crippen molar-refractivity contribution in [3.05, 3.63) is 88.0 Å². The third kappa shape index (κ3) is 6.37. The minimum absolute atomic E-state index is 0.0287. The molecule has 0 spiro atoms. The van der Waals surface area contributed by atoms with Gasteiger partial charge >= 0.3 is 13.5 Å². The molecule has 0 aliphatic heterocycles. The zero-order valence-corrected chi connectivity index (χ0v) is 19.0. The van der Waals surface area contributed by atoms with Crippen LogP contribution in [0.5, 0.6) is 0 Å². The summed E-state index contributed by atoms with van der Waals surface area (Å²) in [6.07, 6.45) is 2.84. The van der Waals surface area contributed by atoms with Crippen molar-refractivity contribution >= 4 is 19.5 Å². The van der Waals surface area contributed by atoms with Gasteiger partial charge in [0, 0.05) is 19.0 Å². The van der Waals surface area contributed by atoms with Gasteiger partial charge in [0.1, 0.15) is 11.4 Å². The van der Waals surface area contributed by atoms with Gasteiger partial charge in [0.05, 0.1) is 18.1 Å². The highest BCUT2D eigenvalue weighted by atomic mass is 31.2. The molecule has 0 aliphatic rings. The number of halogens is 1. The molecule has 0 fully saturated rings. The van der Waals surface area contributed by atoms with E-state index in [1.54, 1.807) is 18.2 Å². The molecule has 4 aromatic rings. The highest BCUT2D eigenvalue weighted by Gasteiger charge is 2.20. The number of anilines is 2. The average Bonchev–Trinajstić information content (AvgIpc) is 3.27. The smallest absolute Gasteiger partial charge is 0.365 e. The number of nitrogens with zero attached hydrogens (tertiary/aromatic N) is 3. The molecule has 12 nitrogen and oxygen atoms in total. The molecule has 0 saturated heterocycles. The van der Waals surface area contributed by atoms with Crippen LogP contribution in [0.1, 0.15) is 16.8 Å². The van der Waals surface area contributed by atoms with Gasteiger partial charge in [-0.15, -0.1) is 0 Å². The van der Waals surface area contributed by atoms with E-state index in [9.17, 15) is 13.8 Å². The Bertz CT molecular complexity index is 1430. The molecule has 0 atom stereocenters. The fourth-order valence-electron chi connectivity index (χ4n) is 3.23. The number of H-pyrrole nitrogens is 1. The van der Waals surface area contributed by atoms with E-state index in [4.69, 9.17) is 20.0 Å². The van der Waals surface area contributed by atoms with Crippen LogP contribution in [0.25, 0.3) is 11.3 Å². The SMILES string of the molecule is Nc1c(-c2cc(Cc3ccc(CNc4[nH]c(=O)ncc4F)cc3)no2)ccc[n+]1COP(=O)(O)O. The largest absolute Gasteiger partial charge is 0.472 e. The van der Waals surface area contributed by atoms with Crippen molar-refractivity contribution in [2.45, 2.75) is 19.7 Å². The molecule has 0 saturated carbocycles. The van der Waals surface area contributed by atoms with Crippen LogP contribution in [0.3, 0.4) is 0 Å². The van der Waals surface area contributed by atoms with Crippen LogP contribution >= 0.6 is 7.82 Å². The van der Waals surface area contributed by atoms with Crippen LogP contribution in [-0.4, -0.2) is 24.9 Å². The Balaban J connectivity index is 1.41. The third-order valence-corrected chi connectivity index (χ3v) is 5.40. The van der Waals surface area contributed by atoms with Crippen LogP contribution in [0.15, 0.2) is 64.2 Å². The highest BCUT2D eigenvalue weighted by molar-refractivity contribution is 7.46. The summed E-state index contributed by atoms with van der Waals surface area (Å²) in [6.45, 7) is -0.139. The average molecular weight is 503 g/mol. The molecule has 182 valence electrons. The summed E-state index contributed by atoms with van der Waals surface area (Å²) in [6, 6.07) is 12.5. The number of nitrogen functional groups attached to an aromatic ring is 1. The van der Waals surface area contributed by atoms with Crippen molar-refractivity contribution in [2.24, 2.45) is 0 Å². The molecule has 3 aromatic heterocycles. The topological polar surface area (TPSA) is 180 Å². The number of pyridine rings is 1. The molecular weight excluding hydrogens is 482 g/mol. The minimum Gasteiger partial charge on any atom is -0.365 e. The molecule has 0 radical (unpaired) electrons. The van der Waals surface area contributed by atoms with Gasteiger partial charge in [-0.2, -0.15) is 4.98 Å². The molecule has 0 bridgehead atoms. The van der Waals surface area contributed by atoms with Gasteiger partial charge in [-0.05, 0) is 23.3 Å². The molecule has 0 aliphatic carbocycles. The first-order valence-corrected chi connectivity index (χ1v) is 11.7. The van der Waals surface area contributed by atoms with Crippen molar-refractivity contribution in [3.63, 3.8) is 0 Å². The number of benzene rings is 1. The fourth-order valence-corrected chi connectivity index (χ4v) is 3.50. The van der Waals surface area contributed by atoms with E-state index in [0.29, 0.717) is 30.0 Å². The van der Waals surface area contributed by atoms with Crippen LogP contribution in [0.4, 0.5) is 16.0 Å². The predicted octanol–water partition coefficient (Wildman–Crippen LogP) is 1.70. The molecule has 0 amide bonds. The lowest BCUT2D eigenvalue weighted by molar-refractivity contribution is -0.711. The van der Waals surface area contributed by atoms with Gasteiger partial charge in [0.2, 0.25) is 6.73 Å². The van der Waals surface area contributed by atoms with Gasteiger partial charge in [-0.25, -0.2) is 22.8 Å². The maximum Gasteiger partial charge on any atom is 0.472 e. The number of phosphoric acid groups is 1. The zero-order chi connectivity index (χ0) is 25.0. The molecule has 14 heteroatoms. The number of nitrogens with one attached hydrogen (secondary N) is 2. The number of hydrogen-bond donors (Lipinski definition) is 5. The monoisotopic (exact) mass is 503 g/mol. The summed E-state index contributed by atoms with van der Waals surface area (Å²) in [5.74, 6) is -0.106. The Hall–Kier alpha value is -3.90. The Morgan fingerprint density at radius 3 is 2.71 bits per heavy atom. The van der Waals surface area contributed by atoms with Gasteiger partial charge in [-0.3, -0.25) is 10.7 Å². The molecule has 4 rings (SSSR count). The molecular formula is C21H21FN6O6P+. The molecule has 0 unspecified atom stereocenters. The second kappa shape index (κ2) is 10.2. The van der Waals surface area contributed by atoms with Gasteiger partial charge in [0.15, 0.2) is 11.6 Å². The molecule has 35 heavy (non-hydrogen) atoms. The summed E-state index contributed by atoms with van der Waals surface area (Å²) in [5.41, 5.74) is 8.41. The minimum atomic E-state index is -4.65. The second-order valence-corrected chi connectivity index (χ2v) is 8.71.